The van der Waals surface area contributed by atoms with Crippen molar-refractivity contribution in [2.45, 2.75) is 0 Å². The Morgan fingerprint density at radius 1 is 1.41 bits per heavy atom. The highest BCUT2D eigenvalue weighted by molar-refractivity contribution is 14.1. The number of hydrogen-bond donors (Lipinski definition) is 1. The van der Waals surface area contributed by atoms with Crippen LogP contribution in [0.1, 0.15) is 0 Å². The average Bonchev–Trinajstić information content (AvgIpc) is 2.80. The van der Waals surface area contributed by atoms with Gasteiger partial charge < -0.3 is 5.11 Å². The van der Waals surface area contributed by atoms with E-state index in [1.54, 1.807) is 0 Å². The molecule has 1 amide bonds. The maximum atomic E-state index is 13.4. The average molecular weight is 433 g/mol. The van der Waals surface area contributed by atoms with Gasteiger partial charge in [0, 0.05) is 6.07 Å². The highest BCUT2D eigenvalue weighted by Crippen LogP contribution is 2.31. The number of halogens is 3. The first-order chi connectivity index (χ1) is 10.5. The fourth-order valence-corrected chi connectivity index (χ4v) is 2.68. The molecule has 0 aliphatic rings. The Kier molecular flexibility index (Phi) is 3.87. The van der Waals surface area contributed by atoms with Gasteiger partial charge in [-0.05, 0) is 40.8 Å². The molecular weight excluding hydrogens is 426 g/mol. The Hall–Kier alpha value is -1.94. The van der Waals surface area contributed by atoms with Crippen molar-refractivity contribution in [2.75, 3.05) is 4.90 Å². The van der Waals surface area contributed by atoms with Crippen LogP contribution in [0.5, 0.6) is 0 Å². The number of fused-ring (bicyclic) bond motifs is 1. The zero-order valence-electron chi connectivity index (χ0n) is 10.7. The topological polar surface area (TPSA) is 70.7 Å². The summed E-state index contributed by atoms with van der Waals surface area (Å²) in [5.41, 5.74) is 0.649. The first-order valence-electron chi connectivity index (χ1n) is 5.96. The van der Waals surface area contributed by atoms with Crippen molar-refractivity contribution in [3.63, 3.8) is 0 Å². The van der Waals surface area contributed by atoms with E-state index >= 15 is 0 Å². The number of nitrogens with zero attached hydrogens (tertiary/aromatic N) is 4. The molecule has 0 fully saturated rings. The highest BCUT2D eigenvalue weighted by atomic mass is 127. The quantitative estimate of drug-likeness (QED) is 0.623. The summed E-state index contributed by atoms with van der Waals surface area (Å²) in [5.74, 6) is -0.544. The van der Waals surface area contributed by atoms with E-state index in [-0.39, 0.29) is 16.5 Å². The van der Waals surface area contributed by atoms with Crippen molar-refractivity contribution in [2.24, 2.45) is 0 Å². The first kappa shape index (κ1) is 15.0. The van der Waals surface area contributed by atoms with Gasteiger partial charge in [-0.1, -0.05) is 17.7 Å². The number of carboxylic acid groups (broad SMARTS) is 1. The van der Waals surface area contributed by atoms with Gasteiger partial charge in [0.15, 0.2) is 10.8 Å². The van der Waals surface area contributed by atoms with Crippen LogP contribution in [0.25, 0.3) is 5.65 Å². The number of benzene rings is 1. The van der Waals surface area contributed by atoms with Gasteiger partial charge in [-0.25, -0.2) is 23.6 Å². The SMILES string of the molecule is O=C(O)N(c1cccc(F)c1)c1cc(Cl)nn2c(I)cnc12. The maximum absolute atomic E-state index is 13.4. The van der Waals surface area contributed by atoms with E-state index in [4.69, 9.17) is 11.6 Å². The van der Waals surface area contributed by atoms with Crippen LogP contribution < -0.4 is 4.90 Å². The first-order valence-corrected chi connectivity index (χ1v) is 7.41. The lowest BCUT2D eigenvalue weighted by atomic mass is 10.2. The lowest BCUT2D eigenvalue weighted by Crippen LogP contribution is -2.24. The molecule has 0 unspecified atom stereocenters. The molecule has 0 atom stereocenters. The van der Waals surface area contributed by atoms with Gasteiger partial charge in [0.1, 0.15) is 15.2 Å². The third-order valence-electron chi connectivity index (χ3n) is 2.88. The summed E-state index contributed by atoms with van der Waals surface area (Å²) in [6.07, 6.45) is 0.252. The predicted octanol–water partition coefficient (Wildman–Crippen LogP) is 3.94. The summed E-state index contributed by atoms with van der Waals surface area (Å²) in [7, 11) is 0. The Labute approximate surface area is 142 Å². The molecule has 0 aliphatic carbocycles. The van der Waals surface area contributed by atoms with Crippen molar-refractivity contribution in [3.8, 4) is 0 Å². The number of hydrogen-bond acceptors (Lipinski definition) is 3. The second-order valence-corrected chi connectivity index (χ2v) is 5.76. The standard InChI is InChI=1S/C13H7ClFIN4O2/c14-10-5-9(12-17-6-11(16)20(12)18-10)19(13(21)22)8-3-1-2-7(15)4-8/h1-6H,(H,21,22). The van der Waals surface area contributed by atoms with E-state index < -0.39 is 11.9 Å². The lowest BCUT2D eigenvalue weighted by molar-refractivity contribution is 0.205. The van der Waals surface area contributed by atoms with E-state index in [2.05, 4.69) is 10.1 Å². The summed E-state index contributed by atoms with van der Waals surface area (Å²) < 4.78 is 15.5. The van der Waals surface area contributed by atoms with Gasteiger partial charge in [-0.3, -0.25) is 0 Å². The van der Waals surface area contributed by atoms with Gasteiger partial charge >= 0.3 is 6.09 Å². The fourth-order valence-electron chi connectivity index (χ4n) is 2.03. The van der Waals surface area contributed by atoms with E-state index in [1.807, 2.05) is 22.6 Å². The van der Waals surface area contributed by atoms with E-state index in [1.165, 1.54) is 35.0 Å². The van der Waals surface area contributed by atoms with Crippen molar-refractivity contribution in [3.05, 3.63) is 51.2 Å². The molecule has 2 aromatic heterocycles. The molecule has 2 heterocycles. The van der Waals surface area contributed by atoms with Gasteiger partial charge in [0.05, 0.1) is 11.9 Å². The second-order valence-electron chi connectivity index (χ2n) is 4.27. The largest absolute Gasteiger partial charge is 0.464 e. The molecule has 0 bridgehead atoms. The number of imidazole rings is 1. The summed E-state index contributed by atoms with van der Waals surface area (Å²) in [4.78, 5) is 16.7. The van der Waals surface area contributed by atoms with E-state index in [9.17, 15) is 14.3 Å². The number of amides is 1. The maximum Gasteiger partial charge on any atom is 0.416 e. The summed E-state index contributed by atoms with van der Waals surface area (Å²) in [5, 5.41) is 13.7. The van der Waals surface area contributed by atoms with Gasteiger partial charge in [-0.2, -0.15) is 5.10 Å². The molecule has 1 aromatic carbocycles. The molecular formula is C13H7ClFIN4O2. The third-order valence-corrected chi connectivity index (χ3v) is 3.80. The fraction of sp³-hybridized carbons (Fsp3) is 0. The third kappa shape index (κ3) is 2.59. The van der Waals surface area contributed by atoms with E-state index in [0.29, 0.717) is 9.35 Å². The summed E-state index contributed by atoms with van der Waals surface area (Å²) >= 11 is 7.96. The second kappa shape index (κ2) is 5.69. The molecule has 3 rings (SSSR count). The number of rotatable bonds is 2. The molecule has 3 aromatic rings. The van der Waals surface area contributed by atoms with Crippen molar-refractivity contribution < 1.29 is 14.3 Å². The van der Waals surface area contributed by atoms with E-state index in [0.717, 1.165) is 11.0 Å². The number of aromatic nitrogens is 3. The molecule has 9 heteroatoms. The van der Waals surface area contributed by atoms with Crippen LogP contribution in [-0.4, -0.2) is 25.8 Å². The van der Waals surface area contributed by atoms with Crippen LogP contribution in [0.15, 0.2) is 36.5 Å². The summed E-state index contributed by atoms with van der Waals surface area (Å²) in [6.45, 7) is 0. The summed E-state index contributed by atoms with van der Waals surface area (Å²) in [6, 6.07) is 6.63. The Balaban J connectivity index is 2.28. The highest BCUT2D eigenvalue weighted by Gasteiger charge is 2.23. The molecule has 0 aliphatic heterocycles. The molecule has 112 valence electrons. The van der Waals surface area contributed by atoms with Crippen LogP contribution in [-0.2, 0) is 0 Å². The van der Waals surface area contributed by atoms with Crippen molar-refractivity contribution >= 4 is 57.3 Å². The zero-order chi connectivity index (χ0) is 15.9. The number of anilines is 2. The Bertz CT molecular complexity index is 886. The predicted molar refractivity (Wildman–Crippen MR) is 87.3 cm³/mol. The van der Waals surface area contributed by atoms with Gasteiger partial charge in [0.25, 0.3) is 0 Å². The van der Waals surface area contributed by atoms with Crippen molar-refractivity contribution in [1.82, 2.24) is 14.6 Å². The molecule has 0 spiro atoms. The monoisotopic (exact) mass is 432 g/mol. The minimum absolute atomic E-state index is 0.0982. The van der Waals surface area contributed by atoms with Crippen molar-refractivity contribution in [1.29, 1.82) is 0 Å². The molecule has 22 heavy (non-hydrogen) atoms. The minimum Gasteiger partial charge on any atom is -0.464 e. The van der Waals surface area contributed by atoms with Crippen LogP contribution in [0, 0.1) is 9.52 Å². The van der Waals surface area contributed by atoms with Crippen LogP contribution in [0.2, 0.25) is 5.15 Å². The van der Waals surface area contributed by atoms with Gasteiger partial charge in [0.2, 0.25) is 0 Å². The molecule has 0 radical (unpaired) electrons. The van der Waals surface area contributed by atoms with Crippen LogP contribution in [0.4, 0.5) is 20.6 Å². The number of carbonyl (C=O) groups is 1. The molecule has 0 saturated heterocycles. The Morgan fingerprint density at radius 3 is 2.86 bits per heavy atom. The zero-order valence-corrected chi connectivity index (χ0v) is 13.7. The molecule has 0 saturated carbocycles. The normalized spacial score (nSPS) is 10.9. The minimum atomic E-state index is -1.28. The lowest BCUT2D eigenvalue weighted by Gasteiger charge is -2.20. The smallest absolute Gasteiger partial charge is 0.416 e. The van der Waals surface area contributed by atoms with Crippen LogP contribution >= 0.6 is 34.2 Å². The Morgan fingerprint density at radius 2 is 2.18 bits per heavy atom. The van der Waals surface area contributed by atoms with Crippen LogP contribution in [0.3, 0.4) is 0 Å². The van der Waals surface area contributed by atoms with Gasteiger partial charge in [-0.15, -0.1) is 0 Å². The molecule has 1 N–H and O–H groups in total. The molecule has 6 nitrogen and oxygen atoms in total.